The van der Waals surface area contributed by atoms with E-state index in [2.05, 4.69) is 18.8 Å². The number of rotatable bonds is 4. The molecule has 2 heterocycles. The lowest BCUT2D eigenvalue weighted by Crippen LogP contribution is -2.54. The van der Waals surface area contributed by atoms with Gasteiger partial charge in [0.25, 0.3) is 5.91 Å². The van der Waals surface area contributed by atoms with Crippen molar-refractivity contribution in [3.63, 3.8) is 0 Å². The Morgan fingerprint density at radius 2 is 1.87 bits per heavy atom. The molecule has 1 fully saturated rings. The number of nitrogens with zero attached hydrogens (tertiary/aromatic N) is 3. The van der Waals surface area contributed by atoms with E-state index in [-0.39, 0.29) is 19.0 Å². The molecule has 1 aliphatic rings. The summed E-state index contributed by atoms with van der Waals surface area (Å²) in [5.41, 5.74) is 0.406. The molecule has 1 atom stereocenters. The summed E-state index contributed by atoms with van der Waals surface area (Å²) in [6.45, 7) is 6.40. The highest BCUT2D eigenvalue weighted by Crippen LogP contribution is 2.25. The van der Waals surface area contributed by atoms with Crippen molar-refractivity contribution in [2.24, 2.45) is 5.92 Å². The minimum Gasteiger partial charge on any atom is -0.335 e. The number of piperazine rings is 1. The van der Waals surface area contributed by atoms with Crippen molar-refractivity contribution in [1.29, 1.82) is 0 Å². The van der Waals surface area contributed by atoms with Crippen molar-refractivity contribution >= 4 is 17.2 Å². The maximum atomic E-state index is 12.7. The number of alkyl halides is 3. The molecule has 2 rings (SSSR count). The van der Waals surface area contributed by atoms with E-state index < -0.39 is 12.2 Å². The zero-order chi connectivity index (χ0) is 17.2. The molecule has 1 amide bonds. The lowest BCUT2D eigenvalue weighted by atomic mass is 10.1. The van der Waals surface area contributed by atoms with Crippen LogP contribution < -0.4 is 0 Å². The van der Waals surface area contributed by atoms with E-state index in [0.717, 1.165) is 18.4 Å². The fourth-order valence-corrected chi connectivity index (χ4v) is 3.52. The summed E-state index contributed by atoms with van der Waals surface area (Å²) in [4.78, 5) is 19.7. The van der Waals surface area contributed by atoms with E-state index in [1.54, 1.807) is 10.3 Å². The van der Waals surface area contributed by atoms with Gasteiger partial charge in [0.1, 0.15) is 11.7 Å². The summed E-state index contributed by atoms with van der Waals surface area (Å²) in [6, 6.07) is -1.48. The van der Waals surface area contributed by atoms with Gasteiger partial charge < -0.3 is 4.90 Å². The first-order valence-electron chi connectivity index (χ1n) is 7.73. The number of carbonyl (C=O) groups is 1. The zero-order valence-corrected chi connectivity index (χ0v) is 14.4. The molecule has 0 unspecified atom stereocenters. The number of hydrogen-bond donors (Lipinski definition) is 0. The Morgan fingerprint density at radius 1 is 1.26 bits per heavy atom. The highest BCUT2D eigenvalue weighted by Gasteiger charge is 2.41. The van der Waals surface area contributed by atoms with E-state index in [9.17, 15) is 18.0 Å². The molecule has 0 saturated carbocycles. The monoisotopic (exact) mass is 349 g/mol. The van der Waals surface area contributed by atoms with E-state index >= 15 is 0 Å². The third kappa shape index (κ3) is 4.67. The molecular formula is C15H22F3N3OS. The molecule has 0 spiro atoms. The smallest absolute Gasteiger partial charge is 0.335 e. The molecule has 0 radical (unpaired) electrons. The van der Waals surface area contributed by atoms with Gasteiger partial charge in [-0.1, -0.05) is 13.8 Å². The van der Waals surface area contributed by atoms with Gasteiger partial charge in [-0.15, -0.1) is 11.3 Å². The predicted molar refractivity (Wildman–Crippen MR) is 83.6 cm³/mol. The molecule has 0 N–H and O–H groups in total. The number of thiazole rings is 1. The van der Waals surface area contributed by atoms with Gasteiger partial charge in [0, 0.05) is 38.0 Å². The topological polar surface area (TPSA) is 36.4 Å². The van der Waals surface area contributed by atoms with Crippen molar-refractivity contribution in [3.05, 3.63) is 16.1 Å². The van der Waals surface area contributed by atoms with Gasteiger partial charge in [-0.25, -0.2) is 4.98 Å². The second kappa shape index (κ2) is 7.17. The molecule has 23 heavy (non-hydrogen) atoms. The second-order valence-corrected chi connectivity index (χ2v) is 7.21. The largest absolute Gasteiger partial charge is 0.403 e. The SMILES string of the molecule is CC(C)Cc1nc(C(=O)N2CCN([C@H](C)C(F)(F)F)CC2)cs1. The Morgan fingerprint density at radius 3 is 2.39 bits per heavy atom. The standard InChI is InChI=1S/C15H22F3N3OS/c1-10(2)8-13-19-12(9-23-13)14(22)21-6-4-20(5-7-21)11(3)15(16,17)18/h9-11H,4-8H2,1-3H3/t11-/m1/s1. The molecule has 1 aromatic heterocycles. The summed E-state index contributed by atoms with van der Waals surface area (Å²) in [6.07, 6.45) is -3.40. The summed E-state index contributed by atoms with van der Waals surface area (Å²) in [5, 5.41) is 2.66. The molecule has 130 valence electrons. The van der Waals surface area contributed by atoms with Crippen LogP contribution in [-0.4, -0.2) is 59.1 Å². The van der Waals surface area contributed by atoms with Crippen LogP contribution in [0.15, 0.2) is 5.38 Å². The molecule has 1 saturated heterocycles. The van der Waals surface area contributed by atoms with Gasteiger partial charge in [-0.3, -0.25) is 9.69 Å². The fraction of sp³-hybridized carbons (Fsp3) is 0.733. The van der Waals surface area contributed by atoms with Crippen molar-refractivity contribution in [2.75, 3.05) is 26.2 Å². The Labute approximate surface area is 138 Å². The van der Waals surface area contributed by atoms with Crippen LogP contribution in [0.2, 0.25) is 0 Å². The van der Waals surface area contributed by atoms with Crippen molar-refractivity contribution in [2.45, 2.75) is 39.4 Å². The van der Waals surface area contributed by atoms with Gasteiger partial charge in [-0.05, 0) is 12.8 Å². The molecule has 4 nitrogen and oxygen atoms in total. The summed E-state index contributed by atoms with van der Waals surface area (Å²) in [5.74, 6) is 0.284. The zero-order valence-electron chi connectivity index (χ0n) is 13.6. The molecule has 0 aliphatic carbocycles. The average molecular weight is 349 g/mol. The summed E-state index contributed by atoms with van der Waals surface area (Å²) >= 11 is 1.46. The normalized spacial score (nSPS) is 18.5. The van der Waals surface area contributed by atoms with Crippen molar-refractivity contribution in [1.82, 2.24) is 14.8 Å². The fourth-order valence-electron chi connectivity index (χ4n) is 2.53. The molecule has 1 aliphatic heterocycles. The van der Waals surface area contributed by atoms with Crippen molar-refractivity contribution < 1.29 is 18.0 Å². The minimum absolute atomic E-state index is 0.185. The van der Waals surface area contributed by atoms with E-state index in [4.69, 9.17) is 0 Å². The Bertz CT molecular complexity index is 536. The second-order valence-electron chi connectivity index (χ2n) is 6.27. The molecule has 1 aromatic rings. The quantitative estimate of drug-likeness (QED) is 0.838. The first kappa shape index (κ1) is 18.2. The first-order valence-corrected chi connectivity index (χ1v) is 8.61. The third-order valence-corrected chi connectivity index (χ3v) is 4.85. The van der Waals surface area contributed by atoms with E-state index in [1.807, 2.05) is 0 Å². The van der Waals surface area contributed by atoms with E-state index in [1.165, 1.54) is 16.2 Å². The number of hydrogen-bond acceptors (Lipinski definition) is 4. The molecule has 0 bridgehead atoms. The highest BCUT2D eigenvalue weighted by atomic mass is 32.1. The Hall–Kier alpha value is -1.15. The first-order chi connectivity index (χ1) is 10.7. The van der Waals surface area contributed by atoms with E-state index in [0.29, 0.717) is 24.7 Å². The van der Waals surface area contributed by atoms with Crippen LogP contribution in [-0.2, 0) is 6.42 Å². The average Bonchev–Trinajstić information content (AvgIpc) is 2.92. The van der Waals surface area contributed by atoms with Crippen LogP contribution in [0.5, 0.6) is 0 Å². The van der Waals surface area contributed by atoms with Crippen LogP contribution in [0.1, 0.15) is 36.3 Å². The Kier molecular flexibility index (Phi) is 5.67. The van der Waals surface area contributed by atoms with Crippen LogP contribution in [0.4, 0.5) is 13.2 Å². The van der Waals surface area contributed by atoms with Gasteiger partial charge in [0.15, 0.2) is 0 Å². The summed E-state index contributed by atoms with van der Waals surface area (Å²) in [7, 11) is 0. The van der Waals surface area contributed by atoms with Crippen LogP contribution in [0, 0.1) is 5.92 Å². The van der Waals surface area contributed by atoms with Crippen LogP contribution >= 0.6 is 11.3 Å². The van der Waals surface area contributed by atoms with Crippen LogP contribution in [0.25, 0.3) is 0 Å². The molecule has 0 aromatic carbocycles. The molecular weight excluding hydrogens is 327 g/mol. The highest BCUT2D eigenvalue weighted by molar-refractivity contribution is 7.09. The number of amides is 1. The maximum absolute atomic E-state index is 12.7. The minimum atomic E-state index is -4.23. The van der Waals surface area contributed by atoms with Gasteiger partial charge in [-0.2, -0.15) is 13.2 Å². The number of halogens is 3. The van der Waals surface area contributed by atoms with Gasteiger partial charge in [0.05, 0.1) is 5.01 Å². The summed E-state index contributed by atoms with van der Waals surface area (Å²) < 4.78 is 38.2. The number of aromatic nitrogens is 1. The van der Waals surface area contributed by atoms with Gasteiger partial charge in [0.2, 0.25) is 0 Å². The number of carbonyl (C=O) groups excluding carboxylic acids is 1. The maximum Gasteiger partial charge on any atom is 0.403 e. The van der Waals surface area contributed by atoms with Crippen molar-refractivity contribution in [3.8, 4) is 0 Å². The van der Waals surface area contributed by atoms with Gasteiger partial charge >= 0.3 is 6.18 Å². The lowest BCUT2D eigenvalue weighted by molar-refractivity contribution is -0.181. The lowest BCUT2D eigenvalue weighted by Gasteiger charge is -2.38. The molecule has 8 heteroatoms. The van der Waals surface area contributed by atoms with Crippen LogP contribution in [0.3, 0.4) is 0 Å². The predicted octanol–water partition coefficient (Wildman–Crippen LogP) is 3.05. The Balaban J connectivity index is 1.92. The third-order valence-electron chi connectivity index (χ3n) is 3.98.